The lowest BCUT2D eigenvalue weighted by Gasteiger charge is -2.27. The first-order chi connectivity index (χ1) is 15.3. The highest BCUT2D eigenvalue weighted by Gasteiger charge is 2.32. The predicted molar refractivity (Wildman–Crippen MR) is 121 cm³/mol. The Balaban J connectivity index is 1.79. The number of carbonyl (C=O) groups excluding carboxylic acids is 2. The van der Waals surface area contributed by atoms with Crippen molar-refractivity contribution in [2.75, 3.05) is 13.7 Å². The van der Waals surface area contributed by atoms with E-state index in [9.17, 15) is 19.7 Å². The van der Waals surface area contributed by atoms with Crippen molar-refractivity contribution in [2.24, 2.45) is 0 Å². The molecule has 0 aromatic heterocycles. The third kappa shape index (κ3) is 4.98. The molecule has 1 aliphatic rings. The highest BCUT2D eigenvalue weighted by molar-refractivity contribution is 7.80. The minimum Gasteiger partial charge on any atom is -0.493 e. The van der Waals surface area contributed by atoms with Crippen LogP contribution in [0.5, 0.6) is 11.5 Å². The van der Waals surface area contributed by atoms with E-state index in [1.54, 1.807) is 30.3 Å². The van der Waals surface area contributed by atoms with Crippen molar-refractivity contribution < 1.29 is 24.0 Å². The van der Waals surface area contributed by atoms with E-state index >= 15 is 0 Å². The van der Waals surface area contributed by atoms with E-state index in [0.717, 1.165) is 5.56 Å². The van der Waals surface area contributed by atoms with Crippen LogP contribution in [-0.2, 0) is 16.2 Å². The number of benzene rings is 2. The van der Waals surface area contributed by atoms with Crippen LogP contribution in [0.2, 0.25) is 0 Å². The van der Waals surface area contributed by atoms with Crippen LogP contribution in [-0.4, -0.2) is 40.4 Å². The van der Waals surface area contributed by atoms with Crippen LogP contribution in [0.3, 0.4) is 0 Å². The van der Waals surface area contributed by atoms with Gasteiger partial charge in [-0.15, -0.1) is 6.58 Å². The Morgan fingerprint density at radius 1 is 1.19 bits per heavy atom. The normalized spacial score (nSPS) is 14.8. The molecule has 1 heterocycles. The summed E-state index contributed by atoms with van der Waals surface area (Å²) in [5, 5.41) is 13.3. The number of rotatable bonds is 8. The second-order valence-electron chi connectivity index (χ2n) is 6.64. The summed E-state index contributed by atoms with van der Waals surface area (Å²) >= 11 is 5.04. The van der Waals surface area contributed by atoms with E-state index in [0.29, 0.717) is 17.1 Å². The summed E-state index contributed by atoms with van der Waals surface area (Å²) in [6, 6.07) is 11.0. The van der Waals surface area contributed by atoms with Gasteiger partial charge in [0.1, 0.15) is 12.2 Å². The average molecular weight is 453 g/mol. The van der Waals surface area contributed by atoms with Gasteiger partial charge in [-0.25, -0.2) is 0 Å². The number of nitrogens with zero attached hydrogens (tertiary/aromatic N) is 2. The fraction of sp³-hybridized carbons (Fsp3) is 0.136. The molecule has 0 spiro atoms. The predicted octanol–water partition coefficient (Wildman–Crippen LogP) is 3.00. The maximum Gasteiger partial charge on any atom is 0.269 e. The van der Waals surface area contributed by atoms with Gasteiger partial charge in [0, 0.05) is 18.7 Å². The van der Waals surface area contributed by atoms with Crippen molar-refractivity contribution in [3.8, 4) is 11.5 Å². The van der Waals surface area contributed by atoms with Crippen LogP contribution in [0.1, 0.15) is 11.1 Å². The van der Waals surface area contributed by atoms with Crippen LogP contribution in [0, 0.1) is 10.1 Å². The molecule has 0 saturated carbocycles. The summed E-state index contributed by atoms with van der Waals surface area (Å²) in [7, 11) is 1.47. The second kappa shape index (κ2) is 9.84. The maximum absolute atomic E-state index is 12.7. The molecular formula is C22H19N3O6S. The zero-order valence-electron chi connectivity index (χ0n) is 17.1. The molecule has 0 atom stereocenters. The monoisotopic (exact) mass is 453 g/mol. The third-order valence-electron chi connectivity index (χ3n) is 4.54. The quantitative estimate of drug-likeness (QED) is 0.163. The SMILES string of the molecule is C=CCN1C(=O)/C(=C/c2ccc(OCc3ccc([N+](=O)[O-])cc3)c(OC)c2)C(=O)NC1=S. The van der Waals surface area contributed by atoms with Crippen molar-refractivity contribution in [3.63, 3.8) is 0 Å². The van der Waals surface area contributed by atoms with Crippen molar-refractivity contribution in [1.29, 1.82) is 0 Å². The Morgan fingerprint density at radius 2 is 1.91 bits per heavy atom. The Labute approximate surface area is 189 Å². The summed E-state index contributed by atoms with van der Waals surface area (Å²) < 4.78 is 11.1. The van der Waals surface area contributed by atoms with Gasteiger partial charge in [0.15, 0.2) is 16.6 Å². The standard InChI is InChI=1S/C22H19N3O6S/c1-3-10-24-21(27)17(20(26)23-22(24)32)11-15-6-9-18(19(12-15)30-2)31-13-14-4-7-16(8-5-14)25(28)29/h3-9,11-12H,1,10,13H2,2H3,(H,23,26,32)/b17-11+. The number of ether oxygens (including phenoxy) is 2. The van der Waals surface area contributed by atoms with Gasteiger partial charge in [-0.3, -0.25) is 29.9 Å². The van der Waals surface area contributed by atoms with Gasteiger partial charge in [0.05, 0.1) is 12.0 Å². The largest absolute Gasteiger partial charge is 0.493 e. The first kappa shape index (κ1) is 22.6. The van der Waals surface area contributed by atoms with Crippen LogP contribution in [0.4, 0.5) is 5.69 Å². The molecule has 1 saturated heterocycles. The van der Waals surface area contributed by atoms with E-state index in [-0.39, 0.29) is 29.5 Å². The highest BCUT2D eigenvalue weighted by Crippen LogP contribution is 2.30. The lowest BCUT2D eigenvalue weighted by molar-refractivity contribution is -0.384. The maximum atomic E-state index is 12.7. The molecule has 0 aliphatic carbocycles. The van der Waals surface area contributed by atoms with Crippen LogP contribution in [0.15, 0.2) is 60.7 Å². The number of nitrogens with one attached hydrogen (secondary N) is 1. The van der Waals surface area contributed by atoms with E-state index in [1.807, 2.05) is 0 Å². The smallest absolute Gasteiger partial charge is 0.269 e. The van der Waals surface area contributed by atoms with E-state index in [2.05, 4.69) is 11.9 Å². The van der Waals surface area contributed by atoms with Crippen molar-refractivity contribution in [3.05, 3.63) is 81.9 Å². The molecule has 0 bridgehead atoms. The lowest BCUT2D eigenvalue weighted by atomic mass is 10.1. The number of methoxy groups -OCH3 is 1. The molecule has 164 valence electrons. The molecule has 2 amide bonds. The van der Waals surface area contributed by atoms with Crippen LogP contribution >= 0.6 is 12.2 Å². The topological polar surface area (TPSA) is 111 Å². The molecule has 9 nitrogen and oxygen atoms in total. The van der Waals surface area contributed by atoms with Gasteiger partial charge in [-0.05, 0) is 53.7 Å². The summed E-state index contributed by atoms with van der Waals surface area (Å²) in [5.74, 6) is -0.279. The van der Waals surface area contributed by atoms with Crippen molar-refractivity contribution in [2.45, 2.75) is 6.61 Å². The molecule has 0 unspecified atom stereocenters. The molecule has 1 aliphatic heterocycles. The zero-order valence-corrected chi connectivity index (χ0v) is 17.9. The lowest BCUT2D eigenvalue weighted by Crippen LogP contribution is -2.53. The van der Waals surface area contributed by atoms with E-state index in [1.165, 1.54) is 36.3 Å². The van der Waals surface area contributed by atoms with Crippen LogP contribution in [0.25, 0.3) is 6.08 Å². The van der Waals surface area contributed by atoms with Crippen molar-refractivity contribution >= 4 is 40.9 Å². The molecule has 10 heteroatoms. The molecule has 1 N–H and O–H groups in total. The van der Waals surface area contributed by atoms with Gasteiger partial charge < -0.3 is 9.47 Å². The Hall–Kier alpha value is -4.05. The molecule has 3 rings (SSSR count). The minimum atomic E-state index is -0.585. The first-order valence-electron chi connectivity index (χ1n) is 9.38. The van der Waals surface area contributed by atoms with E-state index < -0.39 is 16.7 Å². The minimum absolute atomic E-state index is 0.00237. The average Bonchev–Trinajstić information content (AvgIpc) is 2.78. The molecular weight excluding hydrogens is 434 g/mol. The highest BCUT2D eigenvalue weighted by atomic mass is 32.1. The zero-order chi connectivity index (χ0) is 23.3. The fourth-order valence-corrected chi connectivity index (χ4v) is 3.17. The number of nitro groups is 1. The summed E-state index contributed by atoms with van der Waals surface area (Å²) in [6.07, 6.45) is 2.96. The number of nitro benzene ring substituents is 1. The number of carbonyl (C=O) groups is 2. The molecule has 32 heavy (non-hydrogen) atoms. The number of hydrogen-bond donors (Lipinski definition) is 1. The molecule has 0 radical (unpaired) electrons. The molecule has 2 aromatic rings. The number of thiocarbonyl (C=S) groups is 1. The van der Waals surface area contributed by atoms with Gasteiger partial charge >= 0.3 is 0 Å². The van der Waals surface area contributed by atoms with E-state index in [4.69, 9.17) is 21.7 Å². The summed E-state index contributed by atoms with van der Waals surface area (Å²) in [4.78, 5) is 36.5. The second-order valence-corrected chi connectivity index (χ2v) is 7.03. The summed E-state index contributed by atoms with van der Waals surface area (Å²) in [5.41, 5.74) is 1.22. The van der Waals surface area contributed by atoms with Crippen LogP contribution < -0.4 is 14.8 Å². The van der Waals surface area contributed by atoms with Gasteiger partial charge in [-0.1, -0.05) is 12.1 Å². The van der Waals surface area contributed by atoms with Crippen molar-refractivity contribution in [1.82, 2.24) is 10.2 Å². The molecule has 2 aromatic carbocycles. The fourth-order valence-electron chi connectivity index (χ4n) is 2.92. The number of non-ortho nitro benzene ring substituents is 1. The Bertz CT molecular complexity index is 1130. The first-order valence-corrected chi connectivity index (χ1v) is 9.78. The van der Waals surface area contributed by atoms with Gasteiger partial charge in [-0.2, -0.15) is 0 Å². The third-order valence-corrected chi connectivity index (χ3v) is 4.86. The number of amides is 2. The summed E-state index contributed by atoms with van der Waals surface area (Å²) in [6.45, 7) is 3.93. The molecule has 1 fully saturated rings. The van der Waals surface area contributed by atoms with Gasteiger partial charge in [0.25, 0.3) is 17.5 Å². The Morgan fingerprint density at radius 3 is 2.53 bits per heavy atom. The Kier molecular flexibility index (Phi) is 6.96. The van der Waals surface area contributed by atoms with Gasteiger partial charge in [0.2, 0.25) is 0 Å². The number of hydrogen-bond acceptors (Lipinski definition) is 7.